The summed E-state index contributed by atoms with van der Waals surface area (Å²) in [5.41, 5.74) is 3.89. The molecule has 51 heavy (non-hydrogen) atoms. The van der Waals surface area contributed by atoms with Gasteiger partial charge in [-0.25, -0.2) is 8.42 Å². The third kappa shape index (κ3) is 13.3. The van der Waals surface area contributed by atoms with E-state index in [1.54, 1.807) is 32.4 Å². The Bertz CT molecular complexity index is 1580. The number of sulfonamides is 1. The van der Waals surface area contributed by atoms with Gasteiger partial charge >= 0.3 is 12.1 Å². The van der Waals surface area contributed by atoms with Gasteiger partial charge in [-0.05, 0) is 55.7 Å². The van der Waals surface area contributed by atoms with Crippen molar-refractivity contribution in [2.24, 2.45) is 17.6 Å². The van der Waals surface area contributed by atoms with Gasteiger partial charge in [0.15, 0.2) is 0 Å². The van der Waals surface area contributed by atoms with E-state index in [-0.39, 0.29) is 42.7 Å². The van der Waals surface area contributed by atoms with Gasteiger partial charge in [0.1, 0.15) is 18.1 Å². The molecule has 1 aromatic carbocycles. The second-order valence-electron chi connectivity index (χ2n) is 12.9. The molecule has 0 aromatic heterocycles. The maximum absolute atomic E-state index is 13.4. The second kappa shape index (κ2) is 18.5. The van der Waals surface area contributed by atoms with Gasteiger partial charge in [0.2, 0.25) is 39.6 Å². The molecule has 0 radical (unpaired) electrons. The predicted octanol–water partition coefficient (Wildman–Crippen LogP) is 1.52. The number of nitrogens with two attached hydrogens (primary N) is 1. The van der Waals surface area contributed by atoms with Crippen LogP contribution in [-0.2, 0) is 45.0 Å². The molecule has 1 aliphatic heterocycles. The summed E-state index contributed by atoms with van der Waals surface area (Å²) in [4.78, 5) is 75.9. The second-order valence-corrected chi connectivity index (χ2v) is 15.1. The van der Waals surface area contributed by atoms with Gasteiger partial charge in [-0.3, -0.25) is 28.8 Å². The molecule has 0 saturated carbocycles. The van der Waals surface area contributed by atoms with Gasteiger partial charge in [-0.1, -0.05) is 39.3 Å². The molecule has 2 rings (SSSR count). The number of likely N-dealkylation sites (tertiary alicyclic amines) is 1. The van der Waals surface area contributed by atoms with Crippen molar-refractivity contribution in [3.63, 3.8) is 0 Å². The zero-order chi connectivity index (χ0) is 38.8. The van der Waals surface area contributed by atoms with Gasteiger partial charge in [0, 0.05) is 25.4 Å². The predicted molar refractivity (Wildman–Crippen MR) is 177 cm³/mol. The summed E-state index contributed by atoms with van der Waals surface area (Å²) in [7, 11) is -4.81. The van der Waals surface area contributed by atoms with Crippen LogP contribution < -0.4 is 26.4 Å². The standard InChI is InChI=1S/C31H44ClF3N6O9S/c1-16(2)12-23(28(45)39-27(17(3)4)29(46)41-11-5-6-18(41)13-24(36)42)38-26(44)15-37-25(43)10-9-22(30(47)48)40-51(49,50)19-7-8-21(32)20(14-19)31(33,34)35/h7-8,14,16-18,22-23,27,40H,5-6,9-13,15H2,1-4H3,(H2,36,42)(H,37,43)(H,38,44)(H,39,45)(H,47,48). The molecule has 20 heteroatoms. The van der Waals surface area contributed by atoms with Crippen molar-refractivity contribution in [1.82, 2.24) is 25.6 Å². The first-order valence-corrected chi connectivity index (χ1v) is 18.0. The monoisotopic (exact) mass is 768 g/mol. The normalized spacial score (nSPS) is 16.7. The average Bonchev–Trinajstić information content (AvgIpc) is 3.46. The first-order chi connectivity index (χ1) is 23.5. The third-order valence-electron chi connectivity index (χ3n) is 7.94. The van der Waals surface area contributed by atoms with E-state index in [0.29, 0.717) is 25.5 Å². The largest absolute Gasteiger partial charge is 0.480 e. The Kier molecular flexibility index (Phi) is 15.7. The highest BCUT2D eigenvalue weighted by Gasteiger charge is 2.38. The molecule has 1 saturated heterocycles. The number of primary amides is 1. The van der Waals surface area contributed by atoms with E-state index < -0.39 is 98.8 Å². The van der Waals surface area contributed by atoms with Crippen LogP contribution in [0.15, 0.2) is 23.1 Å². The molecule has 15 nitrogen and oxygen atoms in total. The number of alkyl halides is 3. The van der Waals surface area contributed by atoms with Crippen LogP contribution in [-0.4, -0.2) is 91.2 Å². The van der Waals surface area contributed by atoms with Crippen LogP contribution in [0.4, 0.5) is 13.2 Å². The Morgan fingerprint density at radius 3 is 2.24 bits per heavy atom. The van der Waals surface area contributed by atoms with Crippen molar-refractivity contribution in [3.05, 3.63) is 28.8 Å². The van der Waals surface area contributed by atoms with Crippen LogP contribution in [0.25, 0.3) is 0 Å². The van der Waals surface area contributed by atoms with E-state index in [4.69, 9.17) is 17.3 Å². The summed E-state index contributed by atoms with van der Waals surface area (Å²) in [5.74, 6) is -5.42. The van der Waals surface area contributed by atoms with E-state index in [2.05, 4.69) is 16.0 Å². The molecule has 286 valence electrons. The smallest absolute Gasteiger partial charge is 0.417 e. The molecule has 5 amide bonds. The van der Waals surface area contributed by atoms with E-state index in [1.165, 1.54) is 4.90 Å². The number of nitrogens with one attached hydrogen (secondary N) is 4. The van der Waals surface area contributed by atoms with Crippen molar-refractivity contribution in [2.45, 2.75) is 101 Å². The summed E-state index contributed by atoms with van der Waals surface area (Å²) in [6, 6.07) is -2.69. The van der Waals surface area contributed by atoms with Crippen LogP contribution in [0.1, 0.15) is 71.8 Å². The molecule has 0 aliphatic carbocycles. The quantitative estimate of drug-likeness (QED) is 0.127. The number of benzene rings is 1. The lowest BCUT2D eigenvalue weighted by atomic mass is 9.99. The average molecular weight is 769 g/mol. The van der Waals surface area contributed by atoms with Crippen molar-refractivity contribution < 1.29 is 55.5 Å². The van der Waals surface area contributed by atoms with Crippen LogP contribution in [0.2, 0.25) is 5.02 Å². The number of carboxylic acids is 1. The Morgan fingerprint density at radius 2 is 1.69 bits per heavy atom. The molecule has 4 unspecified atom stereocenters. The fourth-order valence-corrected chi connectivity index (χ4v) is 6.86. The summed E-state index contributed by atoms with van der Waals surface area (Å²) in [5, 5.41) is 16.2. The number of carboxylic acid groups (broad SMARTS) is 1. The summed E-state index contributed by atoms with van der Waals surface area (Å²) >= 11 is 5.52. The van der Waals surface area contributed by atoms with E-state index >= 15 is 0 Å². The van der Waals surface area contributed by atoms with Gasteiger partial charge in [-0.15, -0.1) is 0 Å². The number of hydrogen-bond acceptors (Lipinski definition) is 8. The van der Waals surface area contributed by atoms with Crippen molar-refractivity contribution in [1.29, 1.82) is 0 Å². The Hall–Kier alpha value is -3.97. The molecule has 7 N–H and O–H groups in total. The lowest BCUT2D eigenvalue weighted by Gasteiger charge is -2.32. The van der Waals surface area contributed by atoms with Crippen LogP contribution in [0, 0.1) is 11.8 Å². The van der Waals surface area contributed by atoms with E-state index in [9.17, 15) is 55.5 Å². The highest BCUT2D eigenvalue weighted by atomic mass is 35.5. The number of carbonyl (C=O) groups excluding carboxylic acids is 5. The molecule has 4 atom stereocenters. The van der Waals surface area contributed by atoms with Gasteiger partial charge in [0.05, 0.1) is 22.0 Å². The minimum atomic E-state index is -4.99. The van der Waals surface area contributed by atoms with Crippen molar-refractivity contribution in [3.8, 4) is 0 Å². The summed E-state index contributed by atoms with van der Waals surface area (Å²) in [6.07, 6.45) is -4.82. The zero-order valence-corrected chi connectivity index (χ0v) is 30.1. The molecule has 0 bridgehead atoms. The number of aliphatic carboxylic acids is 1. The SMILES string of the molecule is CC(C)CC(NC(=O)CNC(=O)CCC(NS(=O)(=O)c1ccc(Cl)c(C(F)(F)F)c1)C(=O)O)C(=O)NC(C(=O)N1CCCC1CC(N)=O)C(C)C. The molecule has 0 spiro atoms. The number of nitrogens with zero attached hydrogens (tertiary/aromatic N) is 1. The molecular weight excluding hydrogens is 725 g/mol. The Morgan fingerprint density at radius 1 is 1.04 bits per heavy atom. The fraction of sp³-hybridized carbons (Fsp3) is 0.613. The van der Waals surface area contributed by atoms with Crippen LogP contribution in [0.3, 0.4) is 0 Å². The zero-order valence-electron chi connectivity index (χ0n) is 28.5. The number of halogens is 4. The van der Waals surface area contributed by atoms with Crippen LogP contribution >= 0.6 is 11.6 Å². The summed E-state index contributed by atoms with van der Waals surface area (Å²) in [6.45, 7) is 6.81. The van der Waals surface area contributed by atoms with Gasteiger partial charge in [-0.2, -0.15) is 17.9 Å². The number of amides is 5. The highest BCUT2D eigenvalue weighted by molar-refractivity contribution is 7.89. The first kappa shape index (κ1) is 43.2. The molecular formula is C31H44ClF3N6O9S. The molecule has 1 heterocycles. The maximum atomic E-state index is 13.4. The third-order valence-corrected chi connectivity index (χ3v) is 9.74. The fourth-order valence-electron chi connectivity index (χ4n) is 5.38. The minimum absolute atomic E-state index is 0.00956. The Balaban J connectivity index is 2.01. The van der Waals surface area contributed by atoms with Gasteiger partial charge < -0.3 is 31.7 Å². The topological polar surface area (TPSA) is 234 Å². The molecule has 1 aromatic rings. The number of hydrogen-bond donors (Lipinski definition) is 6. The first-order valence-electron chi connectivity index (χ1n) is 16.1. The minimum Gasteiger partial charge on any atom is -0.480 e. The lowest BCUT2D eigenvalue weighted by molar-refractivity contribution is -0.140. The lowest BCUT2D eigenvalue weighted by Crippen LogP contribution is -2.57. The van der Waals surface area contributed by atoms with E-state index in [1.807, 2.05) is 0 Å². The van der Waals surface area contributed by atoms with Gasteiger partial charge in [0.25, 0.3) is 0 Å². The summed E-state index contributed by atoms with van der Waals surface area (Å²) < 4.78 is 66.7. The molecule has 1 aliphatic rings. The van der Waals surface area contributed by atoms with Crippen molar-refractivity contribution >= 4 is 57.1 Å². The maximum Gasteiger partial charge on any atom is 0.417 e. The number of rotatable bonds is 18. The Labute approximate surface area is 298 Å². The number of carbonyl (C=O) groups is 6. The van der Waals surface area contributed by atoms with Crippen LogP contribution in [0.5, 0.6) is 0 Å². The highest BCUT2D eigenvalue weighted by Crippen LogP contribution is 2.36. The van der Waals surface area contributed by atoms with E-state index in [0.717, 1.165) is 6.07 Å². The van der Waals surface area contributed by atoms with Crippen molar-refractivity contribution in [2.75, 3.05) is 13.1 Å². The molecule has 1 fully saturated rings.